The highest BCUT2D eigenvalue weighted by Crippen LogP contribution is 2.10. The summed E-state index contributed by atoms with van der Waals surface area (Å²) < 4.78 is 16.1. The predicted octanol–water partition coefficient (Wildman–Crippen LogP) is -0.685. The van der Waals surface area contributed by atoms with Crippen LogP contribution in [0, 0.1) is 5.92 Å². The van der Waals surface area contributed by atoms with Gasteiger partial charge in [-0.25, -0.2) is 0 Å². The first-order chi connectivity index (χ1) is 8.00. The second-order valence-electron chi connectivity index (χ2n) is 3.97. The van der Waals surface area contributed by atoms with Crippen molar-refractivity contribution in [1.82, 2.24) is 4.90 Å². The fourth-order valence-corrected chi connectivity index (χ4v) is 2.48. The number of rotatable bonds is 5. The summed E-state index contributed by atoms with van der Waals surface area (Å²) in [7, 11) is -1.21. The Hall–Kier alpha value is -0.950. The Bertz CT molecular complexity index is 314. The first-order valence-electron chi connectivity index (χ1n) is 5.39. The number of morpholine rings is 1. The number of hydrogen-bond acceptors (Lipinski definition) is 4. The van der Waals surface area contributed by atoms with Crippen LogP contribution in [0.1, 0.15) is 6.42 Å². The van der Waals surface area contributed by atoms with Gasteiger partial charge >= 0.3 is 5.97 Å². The van der Waals surface area contributed by atoms with Crippen LogP contribution in [0.25, 0.3) is 0 Å². The van der Waals surface area contributed by atoms with Gasteiger partial charge in [-0.2, -0.15) is 0 Å². The Balaban J connectivity index is 2.50. The Labute approximate surface area is 102 Å². The van der Waals surface area contributed by atoms with Crippen LogP contribution < -0.4 is 0 Å². The molecular weight excluding hydrogens is 246 g/mol. The molecule has 1 heterocycles. The molecule has 0 radical (unpaired) electrons. The van der Waals surface area contributed by atoms with Crippen LogP contribution in [-0.2, 0) is 25.1 Å². The van der Waals surface area contributed by atoms with Crippen LogP contribution in [0.3, 0.4) is 0 Å². The molecule has 0 aromatic carbocycles. The van der Waals surface area contributed by atoms with E-state index in [4.69, 9.17) is 9.84 Å². The summed E-state index contributed by atoms with van der Waals surface area (Å²) in [6.07, 6.45) is 1.35. The lowest BCUT2D eigenvalue weighted by molar-refractivity contribution is -0.146. The molecule has 17 heavy (non-hydrogen) atoms. The lowest BCUT2D eigenvalue weighted by Crippen LogP contribution is -2.42. The van der Waals surface area contributed by atoms with E-state index in [9.17, 15) is 13.8 Å². The SMILES string of the molecule is CS(=O)CC(CC(=O)N1CCOCC1)C(=O)O. The molecule has 0 spiro atoms. The third-order valence-corrected chi connectivity index (χ3v) is 3.44. The average Bonchev–Trinajstić information content (AvgIpc) is 2.28. The van der Waals surface area contributed by atoms with Crippen LogP contribution in [0.15, 0.2) is 0 Å². The van der Waals surface area contributed by atoms with Crippen molar-refractivity contribution in [2.45, 2.75) is 6.42 Å². The van der Waals surface area contributed by atoms with E-state index in [2.05, 4.69) is 0 Å². The number of carbonyl (C=O) groups excluding carboxylic acids is 1. The van der Waals surface area contributed by atoms with E-state index < -0.39 is 22.7 Å². The maximum atomic E-state index is 11.8. The number of amides is 1. The molecule has 6 nitrogen and oxygen atoms in total. The summed E-state index contributed by atoms with van der Waals surface area (Å²) in [4.78, 5) is 24.3. The maximum absolute atomic E-state index is 11.8. The zero-order valence-corrected chi connectivity index (χ0v) is 10.6. The Morgan fingerprint density at radius 1 is 1.41 bits per heavy atom. The summed E-state index contributed by atoms with van der Waals surface area (Å²) in [5.74, 6) is -2.12. The van der Waals surface area contributed by atoms with Gasteiger partial charge in [-0.1, -0.05) is 0 Å². The van der Waals surface area contributed by atoms with Crippen molar-refractivity contribution in [3.63, 3.8) is 0 Å². The van der Waals surface area contributed by atoms with Crippen LogP contribution >= 0.6 is 0 Å². The summed E-state index contributed by atoms with van der Waals surface area (Å²) in [5, 5.41) is 8.94. The Morgan fingerprint density at radius 3 is 2.47 bits per heavy atom. The lowest BCUT2D eigenvalue weighted by atomic mass is 10.1. The molecule has 0 bridgehead atoms. The number of carbonyl (C=O) groups is 2. The minimum atomic E-state index is -1.21. The minimum Gasteiger partial charge on any atom is -0.481 e. The van der Waals surface area contributed by atoms with Gasteiger partial charge in [0.15, 0.2) is 0 Å². The van der Waals surface area contributed by atoms with Gasteiger partial charge in [-0.05, 0) is 0 Å². The van der Waals surface area contributed by atoms with E-state index in [1.165, 1.54) is 6.26 Å². The number of aliphatic carboxylic acids is 1. The van der Waals surface area contributed by atoms with Crippen molar-refractivity contribution in [2.75, 3.05) is 38.3 Å². The van der Waals surface area contributed by atoms with Crippen molar-refractivity contribution in [3.8, 4) is 0 Å². The first-order valence-corrected chi connectivity index (χ1v) is 7.11. The van der Waals surface area contributed by atoms with Gasteiger partial charge in [0.25, 0.3) is 0 Å². The van der Waals surface area contributed by atoms with Crippen LogP contribution in [-0.4, -0.2) is 64.4 Å². The number of carboxylic acid groups (broad SMARTS) is 1. The van der Waals surface area contributed by atoms with Crippen LogP contribution in [0.4, 0.5) is 0 Å². The van der Waals surface area contributed by atoms with E-state index in [0.717, 1.165) is 0 Å². The van der Waals surface area contributed by atoms with Crippen molar-refractivity contribution in [1.29, 1.82) is 0 Å². The zero-order valence-electron chi connectivity index (χ0n) is 9.76. The zero-order chi connectivity index (χ0) is 12.8. The van der Waals surface area contributed by atoms with Crippen molar-refractivity contribution in [2.24, 2.45) is 5.92 Å². The summed E-state index contributed by atoms with van der Waals surface area (Å²) in [6.45, 7) is 1.98. The molecule has 1 aliphatic heterocycles. The van der Waals surface area contributed by atoms with E-state index >= 15 is 0 Å². The van der Waals surface area contributed by atoms with E-state index in [1.807, 2.05) is 0 Å². The summed E-state index contributed by atoms with van der Waals surface area (Å²) in [5.41, 5.74) is 0. The standard InChI is InChI=1S/C10H17NO5S/c1-17(15)7-8(10(13)14)6-9(12)11-2-4-16-5-3-11/h8H,2-7H2,1H3,(H,13,14). The van der Waals surface area contributed by atoms with Gasteiger partial charge in [0.1, 0.15) is 0 Å². The second kappa shape index (κ2) is 6.70. The second-order valence-corrected chi connectivity index (χ2v) is 5.45. The number of ether oxygens (including phenoxy) is 1. The molecule has 0 aromatic heterocycles. The highest BCUT2D eigenvalue weighted by Gasteiger charge is 2.26. The van der Waals surface area contributed by atoms with Crippen LogP contribution in [0.2, 0.25) is 0 Å². The monoisotopic (exact) mass is 263 g/mol. The van der Waals surface area contributed by atoms with Gasteiger partial charge in [0.05, 0.1) is 19.1 Å². The lowest BCUT2D eigenvalue weighted by Gasteiger charge is -2.27. The van der Waals surface area contributed by atoms with Crippen molar-refractivity contribution >= 4 is 22.7 Å². The number of carboxylic acids is 1. The smallest absolute Gasteiger partial charge is 0.307 e. The quantitative estimate of drug-likeness (QED) is 0.710. The van der Waals surface area contributed by atoms with Gasteiger partial charge in [-0.15, -0.1) is 0 Å². The molecular formula is C10H17NO5S. The predicted molar refractivity (Wildman–Crippen MR) is 62.1 cm³/mol. The molecule has 7 heteroatoms. The van der Waals surface area contributed by atoms with Gasteiger partial charge in [-0.3, -0.25) is 13.8 Å². The third kappa shape index (κ3) is 4.82. The van der Waals surface area contributed by atoms with E-state index in [1.54, 1.807) is 4.90 Å². The highest BCUT2D eigenvalue weighted by atomic mass is 32.2. The molecule has 2 atom stereocenters. The first kappa shape index (κ1) is 14.1. The highest BCUT2D eigenvalue weighted by molar-refractivity contribution is 7.84. The molecule has 1 aliphatic rings. The molecule has 0 aliphatic carbocycles. The third-order valence-electron chi connectivity index (χ3n) is 2.57. The molecule has 1 fully saturated rings. The maximum Gasteiger partial charge on any atom is 0.307 e. The fraction of sp³-hybridized carbons (Fsp3) is 0.800. The average molecular weight is 263 g/mol. The van der Waals surface area contributed by atoms with Crippen LogP contribution in [0.5, 0.6) is 0 Å². The molecule has 1 N–H and O–H groups in total. The Kier molecular flexibility index (Phi) is 5.57. The number of hydrogen-bond donors (Lipinski definition) is 1. The van der Waals surface area contributed by atoms with Gasteiger partial charge < -0.3 is 14.7 Å². The molecule has 1 saturated heterocycles. The van der Waals surface area contributed by atoms with Gasteiger partial charge in [0, 0.05) is 42.3 Å². The summed E-state index contributed by atoms with van der Waals surface area (Å²) in [6, 6.07) is 0. The van der Waals surface area contributed by atoms with E-state index in [-0.39, 0.29) is 18.1 Å². The normalized spacial score (nSPS) is 19.7. The topological polar surface area (TPSA) is 83.9 Å². The van der Waals surface area contributed by atoms with E-state index in [0.29, 0.717) is 26.3 Å². The fourth-order valence-electron chi connectivity index (χ4n) is 1.65. The molecule has 98 valence electrons. The molecule has 2 unspecified atom stereocenters. The van der Waals surface area contributed by atoms with Crippen molar-refractivity contribution in [3.05, 3.63) is 0 Å². The van der Waals surface area contributed by atoms with Gasteiger partial charge in [0.2, 0.25) is 5.91 Å². The molecule has 0 aromatic rings. The van der Waals surface area contributed by atoms with Crippen molar-refractivity contribution < 1.29 is 23.6 Å². The molecule has 1 amide bonds. The number of nitrogens with zero attached hydrogens (tertiary/aromatic N) is 1. The molecule has 1 rings (SSSR count). The summed E-state index contributed by atoms with van der Waals surface area (Å²) >= 11 is 0. The molecule has 0 saturated carbocycles. The largest absolute Gasteiger partial charge is 0.481 e. The Morgan fingerprint density at radius 2 is 2.00 bits per heavy atom. The minimum absolute atomic E-state index is 0.0193.